The van der Waals surface area contributed by atoms with Crippen LogP contribution in [0, 0.1) is 0 Å². The molecule has 0 bridgehead atoms. The van der Waals surface area contributed by atoms with E-state index >= 15 is 0 Å². The largest absolute Gasteiger partial charge is 0.306 e. The van der Waals surface area contributed by atoms with Crippen LogP contribution in [0.1, 0.15) is 55.2 Å². The van der Waals surface area contributed by atoms with Crippen LogP contribution in [0.2, 0.25) is 4.34 Å². The average molecular weight is 322 g/mol. The van der Waals surface area contributed by atoms with Crippen molar-refractivity contribution < 1.29 is 0 Å². The molecule has 0 spiro atoms. The molecule has 0 saturated heterocycles. The fourth-order valence-electron chi connectivity index (χ4n) is 2.41. The lowest BCUT2D eigenvalue weighted by Crippen LogP contribution is -2.22. The summed E-state index contributed by atoms with van der Waals surface area (Å²) >= 11 is 7.76. The zero-order valence-corrected chi connectivity index (χ0v) is 14.4. The van der Waals surface area contributed by atoms with Gasteiger partial charge in [0, 0.05) is 4.88 Å². The van der Waals surface area contributed by atoms with Gasteiger partial charge in [0.25, 0.3) is 0 Å². The van der Waals surface area contributed by atoms with Crippen molar-refractivity contribution in [3.05, 3.63) is 56.7 Å². The highest BCUT2D eigenvalue weighted by atomic mass is 35.5. The second-order valence-electron chi connectivity index (χ2n) is 5.37. The Morgan fingerprint density at radius 2 is 1.81 bits per heavy atom. The summed E-state index contributed by atoms with van der Waals surface area (Å²) in [5.74, 6) is 0. The Hall–Kier alpha value is -0.830. The van der Waals surface area contributed by atoms with Crippen molar-refractivity contribution in [3.63, 3.8) is 0 Å². The second kappa shape index (κ2) is 8.57. The molecule has 1 nitrogen and oxygen atoms in total. The zero-order valence-electron chi connectivity index (χ0n) is 12.9. The summed E-state index contributed by atoms with van der Waals surface area (Å²) in [6, 6.07) is 13.4. The van der Waals surface area contributed by atoms with E-state index in [0.717, 1.165) is 17.3 Å². The zero-order chi connectivity index (χ0) is 15.1. The van der Waals surface area contributed by atoms with Crippen molar-refractivity contribution in [3.8, 4) is 0 Å². The minimum Gasteiger partial charge on any atom is -0.306 e. The monoisotopic (exact) mass is 321 g/mol. The standard InChI is InChI=1S/C18H24ClNS/c1-3-5-6-14-7-9-15(10-8-14)18(20-13-4-2)16-11-12-17(19)21-16/h7-12,18,20H,3-6,13H2,1-2H3. The smallest absolute Gasteiger partial charge is 0.0931 e. The molecule has 2 rings (SSSR count). The highest BCUT2D eigenvalue weighted by molar-refractivity contribution is 7.16. The number of benzene rings is 1. The van der Waals surface area contributed by atoms with E-state index < -0.39 is 0 Å². The van der Waals surface area contributed by atoms with Crippen LogP contribution < -0.4 is 5.32 Å². The maximum Gasteiger partial charge on any atom is 0.0931 e. The molecule has 21 heavy (non-hydrogen) atoms. The highest BCUT2D eigenvalue weighted by Gasteiger charge is 2.15. The highest BCUT2D eigenvalue weighted by Crippen LogP contribution is 2.31. The molecule has 0 fully saturated rings. The Labute approximate surface area is 137 Å². The molecular weight excluding hydrogens is 298 g/mol. The predicted molar refractivity (Wildman–Crippen MR) is 94.5 cm³/mol. The first-order chi connectivity index (χ1) is 10.2. The van der Waals surface area contributed by atoms with Crippen LogP contribution in [0.15, 0.2) is 36.4 Å². The van der Waals surface area contributed by atoms with E-state index in [9.17, 15) is 0 Å². The Morgan fingerprint density at radius 3 is 2.38 bits per heavy atom. The van der Waals surface area contributed by atoms with Gasteiger partial charge in [-0.15, -0.1) is 11.3 Å². The van der Waals surface area contributed by atoms with E-state index in [0.29, 0.717) is 0 Å². The number of rotatable bonds is 8. The number of halogens is 1. The maximum absolute atomic E-state index is 6.10. The second-order valence-corrected chi connectivity index (χ2v) is 7.12. The third kappa shape index (κ3) is 4.84. The average Bonchev–Trinajstić information content (AvgIpc) is 2.93. The fraction of sp³-hybridized carbons (Fsp3) is 0.444. The van der Waals surface area contributed by atoms with Gasteiger partial charge in [-0.3, -0.25) is 0 Å². The SMILES string of the molecule is CCCCc1ccc(C(NCCC)c2ccc(Cl)s2)cc1. The minimum absolute atomic E-state index is 0.252. The molecule has 3 heteroatoms. The van der Waals surface area contributed by atoms with Gasteiger partial charge in [0.2, 0.25) is 0 Å². The van der Waals surface area contributed by atoms with Crippen LogP contribution in [0.25, 0.3) is 0 Å². The van der Waals surface area contributed by atoms with Crippen molar-refractivity contribution in [2.24, 2.45) is 0 Å². The molecule has 1 atom stereocenters. The van der Waals surface area contributed by atoms with Crippen LogP contribution in [0.4, 0.5) is 0 Å². The Bertz CT molecular complexity index is 532. The van der Waals surface area contributed by atoms with Gasteiger partial charge in [0.1, 0.15) is 0 Å². The number of aryl methyl sites for hydroxylation is 1. The van der Waals surface area contributed by atoms with E-state index in [2.05, 4.69) is 49.5 Å². The molecule has 0 amide bonds. The Morgan fingerprint density at radius 1 is 1.05 bits per heavy atom. The lowest BCUT2D eigenvalue weighted by Gasteiger charge is -2.18. The maximum atomic E-state index is 6.10. The van der Waals surface area contributed by atoms with Crippen LogP contribution >= 0.6 is 22.9 Å². The van der Waals surface area contributed by atoms with Crippen molar-refractivity contribution in [2.75, 3.05) is 6.54 Å². The molecule has 1 N–H and O–H groups in total. The number of nitrogens with one attached hydrogen (secondary N) is 1. The molecule has 0 aliphatic carbocycles. The molecule has 1 heterocycles. The lowest BCUT2D eigenvalue weighted by molar-refractivity contribution is 0.605. The first-order valence-corrected chi connectivity index (χ1v) is 9.01. The predicted octanol–water partition coefficient (Wildman–Crippen LogP) is 5.83. The van der Waals surface area contributed by atoms with Gasteiger partial charge >= 0.3 is 0 Å². The van der Waals surface area contributed by atoms with E-state index in [4.69, 9.17) is 11.6 Å². The summed E-state index contributed by atoms with van der Waals surface area (Å²) in [5, 5.41) is 3.63. The molecule has 1 aromatic heterocycles. The molecule has 0 aliphatic heterocycles. The first kappa shape index (κ1) is 16.5. The van der Waals surface area contributed by atoms with E-state index in [1.165, 1.54) is 35.3 Å². The quantitative estimate of drug-likeness (QED) is 0.644. The van der Waals surface area contributed by atoms with Gasteiger partial charge in [0.15, 0.2) is 0 Å². The van der Waals surface area contributed by atoms with Crippen molar-refractivity contribution in [1.29, 1.82) is 0 Å². The third-order valence-electron chi connectivity index (χ3n) is 3.61. The topological polar surface area (TPSA) is 12.0 Å². The summed E-state index contributed by atoms with van der Waals surface area (Å²) in [7, 11) is 0. The Balaban J connectivity index is 2.16. The summed E-state index contributed by atoms with van der Waals surface area (Å²) < 4.78 is 0.855. The summed E-state index contributed by atoms with van der Waals surface area (Å²) in [5.41, 5.74) is 2.75. The van der Waals surface area contributed by atoms with Gasteiger partial charge in [0.05, 0.1) is 10.4 Å². The van der Waals surface area contributed by atoms with Crippen LogP contribution in [0.3, 0.4) is 0 Å². The molecule has 1 aromatic carbocycles. The molecule has 1 unspecified atom stereocenters. The van der Waals surface area contributed by atoms with Crippen LogP contribution in [0.5, 0.6) is 0 Å². The molecule has 2 aromatic rings. The summed E-state index contributed by atoms with van der Waals surface area (Å²) in [4.78, 5) is 1.29. The van der Waals surface area contributed by atoms with E-state index in [-0.39, 0.29) is 6.04 Å². The normalized spacial score (nSPS) is 12.5. The number of hydrogen-bond acceptors (Lipinski definition) is 2. The van der Waals surface area contributed by atoms with Crippen molar-refractivity contribution in [1.82, 2.24) is 5.32 Å². The van der Waals surface area contributed by atoms with Crippen molar-refractivity contribution in [2.45, 2.75) is 45.6 Å². The first-order valence-electron chi connectivity index (χ1n) is 7.82. The number of thiophene rings is 1. The molecule has 0 radical (unpaired) electrons. The molecule has 0 aliphatic rings. The molecule has 114 valence electrons. The van der Waals surface area contributed by atoms with Crippen molar-refractivity contribution >= 4 is 22.9 Å². The van der Waals surface area contributed by atoms with E-state index in [1.807, 2.05) is 6.07 Å². The van der Waals surface area contributed by atoms with Crippen LogP contribution in [-0.2, 0) is 6.42 Å². The molecule has 0 saturated carbocycles. The fourth-order valence-corrected chi connectivity index (χ4v) is 3.58. The van der Waals surface area contributed by atoms with E-state index in [1.54, 1.807) is 11.3 Å². The van der Waals surface area contributed by atoms with Gasteiger partial charge in [-0.2, -0.15) is 0 Å². The number of unbranched alkanes of at least 4 members (excludes halogenated alkanes) is 1. The lowest BCUT2D eigenvalue weighted by atomic mass is 10.0. The minimum atomic E-state index is 0.252. The summed E-state index contributed by atoms with van der Waals surface area (Å²) in [6.45, 7) is 5.44. The van der Waals surface area contributed by atoms with Gasteiger partial charge < -0.3 is 5.32 Å². The summed E-state index contributed by atoms with van der Waals surface area (Å²) in [6.07, 6.45) is 4.81. The third-order valence-corrected chi connectivity index (χ3v) is 4.91. The van der Waals surface area contributed by atoms with Gasteiger partial charge in [-0.25, -0.2) is 0 Å². The van der Waals surface area contributed by atoms with Crippen LogP contribution in [-0.4, -0.2) is 6.54 Å². The molecular formula is C18H24ClNS. The Kier molecular flexibility index (Phi) is 6.75. The van der Waals surface area contributed by atoms with Gasteiger partial charge in [-0.1, -0.05) is 56.1 Å². The van der Waals surface area contributed by atoms with Gasteiger partial charge in [-0.05, 0) is 49.1 Å². The number of hydrogen-bond donors (Lipinski definition) is 1.